The largest absolute Gasteiger partial charge is 0.457 e. The van der Waals surface area contributed by atoms with Crippen molar-refractivity contribution in [2.24, 2.45) is 0 Å². The summed E-state index contributed by atoms with van der Waals surface area (Å²) in [5.41, 5.74) is 8.30. The van der Waals surface area contributed by atoms with E-state index >= 15 is 0 Å². The van der Waals surface area contributed by atoms with Crippen molar-refractivity contribution in [1.82, 2.24) is 0 Å². The lowest BCUT2D eigenvalue weighted by Gasteiger charge is -2.07. The molecule has 0 aliphatic rings. The summed E-state index contributed by atoms with van der Waals surface area (Å²) in [5.74, 6) is 2.71. The molecule has 0 fully saturated rings. The Morgan fingerprint density at radius 2 is 1.12 bits per heavy atom. The molecule has 0 heterocycles. The van der Waals surface area contributed by atoms with Gasteiger partial charge in [0, 0.05) is 17.3 Å². The van der Waals surface area contributed by atoms with E-state index in [1.54, 1.807) is 31.2 Å². The first kappa shape index (κ1) is 25.2. The first-order valence-corrected chi connectivity index (χ1v) is 9.99. The van der Waals surface area contributed by atoms with Crippen molar-refractivity contribution in [2.45, 2.75) is 13.8 Å². The highest BCUT2D eigenvalue weighted by atomic mass is 35.5. The van der Waals surface area contributed by atoms with Gasteiger partial charge >= 0.3 is 0 Å². The van der Waals surface area contributed by atoms with Crippen LogP contribution in [0.4, 0.5) is 11.4 Å². The Morgan fingerprint density at radius 1 is 0.667 bits per heavy atom. The van der Waals surface area contributed by atoms with Crippen LogP contribution >= 0.6 is 12.4 Å². The zero-order valence-electron chi connectivity index (χ0n) is 18.3. The molecule has 4 aromatic rings. The maximum absolute atomic E-state index is 10.8. The normalized spacial score (nSPS) is 9.64. The number of nitro groups is 1. The van der Waals surface area contributed by atoms with E-state index in [0.717, 1.165) is 22.7 Å². The van der Waals surface area contributed by atoms with Crippen LogP contribution in [0.1, 0.15) is 11.1 Å². The second kappa shape index (κ2) is 12.1. The molecule has 0 atom stereocenters. The smallest absolute Gasteiger partial charge is 0.276 e. The lowest BCUT2D eigenvalue weighted by molar-refractivity contribution is -0.385. The van der Waals surface area contributed by atoms with Gasteiger partial charge in [-0.05, 0) is 61.9 Å². The average molecular weight is 465 g/mol. The van der Waals surface area contributed by atoms with Gasteiger partial charge in [0.15, 0.2) is 0 Å². The van der Waals surface area contributed by atoms with Crippen LogP contribution in [0.3, 0.4) is 0 Å². The summed E-state index contributed by atoms with van der Waals surface area (Å²) in [7, 11) is 0. The Morgan fingerprint density at radius 3 is 1.58 bits per heavy atom. The van der Waals surface area contributed by atoms with Gasteiger partial charge in [-0.25, -0.2) is 0 Å². The van der Waals surface area contributed by atoms with Gasteiger partial charge < -0.3 is 15.2 Å². The summed E-state index contributed by atoms with van der Waals surface area (Å²) in [4.78, 5) is 10.4. The van der Waals surface area contributed by atoms with E-state index in [1.807, 2.05) is 73.7 Å². The number of para-hydroxylation sites is 2. The summed E-state index contributed by atoms with van der Waals surface area (Å²) in [6, 6.07) is 29.3. The fraction of sp³-hybridized carbons (Fsp3) is 0.0769. The molecule has 0 bridgehead atoms. The summed E-state index contributed by atoms with van der Waals surface area (Å²) < 4.78 is 11.2. The van der Waals surface area contributed by atoms with Gasteiger partial charge in [0.05, 0.1) is 11.0 Å². The maximum Gasteiger partial charge on any atom is 0.276 e. The highest BCUT2D eigenvalue weighted by Gasteiger charge is 2.11. The molecule has 0 radical (unpaired) electrons. The molecular weight excluding hydrogens is 440 g/mol. The standard InChI is InChI=1S/C13H11NO3.C13H13NO.ClH/c1-10-7-8-12(9-13(10)14(15)16)17-11-5-3-2-4-6-11;1-10-7-8-12(9-13(10)14)15-11-5-3-2-4-6-11;/h2-9H,1H3;2-9H,14H2,1H3;1H. The van der Waals surface area contributed by atoms with Crippen molar-refractivity contribution < 1.29 is 14.4 Å². The zero-order valence-corrected chi connectivity index (χ0v) is 19.1. The first-order valence-electron chi connectivity index (χ1n) is 9.99. The zero-order chi connectivity index (χ0) is 22.9. The molecule has 4 rings (SSSR count). The van der Waals surface area contributed by atoms with E-state index in [4.69, 9.17) is 15.2 Å². The molecule has 0 spiro atoms. The minimum Gasteiger partial charge on any atom is -0.457 e. The van der Waals surface area contributed by atoms with Gasteiger partial charge in [-0.2, -0.15) is 0 Å². The van der Waals surface area contributed by atoms with Gasteiger partial charge in [0.25, 0.3) is 5.69 Å². The number of rotatable bonds is 5. The van der Waals surface area contributed by atoms with E-state index < -0.39 is 4.92 Å². The molecule has 6 nitrogen and oxygen atoms in total. The van der Waals surface area contributed by atoms with Crippen LogP contribution in [0.15, 0.2) is 97.1 Å². The van der Waals surface area contributed by atoms with Gasteiger partial charge in [-0.3, -0.25) is 10.1 Å². The first-order chi connectivity index (χ1) is 15.4. The van der Waals surface area contributed by atoms with Crippen LogP contribution in [0.5, 0.6) is 23.0 Å². The van der Waals surface area contributed by atoms with Crippen LogP contribution in [0.2, 0.25) is 0 Å². The molecule has 0 amide bonds. The summed E-state index contributed by atoms with van der Waals surface area (Å²) in [5, 5.41) is 10.8. The van der Waals surface area contributed by atoms with Crippen molar-refractivity contribution in [1.29, 1.82) is 0 Å². The molecular formula is C26H25ClN2O4. The second-order valence-electron chi connectivity index (χ2n) is 7.05. The van der Waals surface area contributed by atoms with Crippen molar-refractivity contribution in [3.63, 3.8) is 0 Å². The summed E-state index contributed by atoms with van der Waals surface area (Å²) in [6.07, 6.45) is 0. The molecule has 33 heavy (non-hydrogen) atoms. The Balaban J connectivity index is 0.000000228. The Labute approximate surface area is 199 Å². The Bertz CT molecular complexity index is 1190. The molecule has 7 heteroatoms. The van der Waals surface area contributed by atoms with Gasteiger partial charge in [0.2, 0.25) is 0 Å². The number of hydrogen-bond acceptors (Lipinski definition) is 5. The third-order valence-corrected chi connectivity index (χ3v) is 4.59. The molecule has 0 saturated heterocycles. The molecule has 4 aromatic carbocycles. The molecule has 0 aromatic heterocycles. The quantitative estimate of drug-likeness (QED) is 0.188. The number of ether oxygens (including phenoxy) is 2. The van der Waals surface area contributed by atoms with Crippen molar-refractivity contribution in [3.8, 4) is 23.0 Å². The van der Waals surface area contributed by atoms with Gasteiger partial charge in [-0.1, -0.05) is 42.5 Å². The summed E-state index contributed by atoms with van der Waals surface area (Å²) in [6.45, 7) is 3.67. The van der Waals surface area contributed by atoms with E-state index in [0.29, 0.717) is 17.1 Å². The Kier molecular flexibility index (Phi) is 9.27. The fourth-order valence-corrected chi connectivity index (χ4v) is 2.78. The highest BCUT2D eigenvalue weighted by molar-refractivity contribution is 5.85. The van der Waals surface area contributed by atoms with E-state index in [1.165, 1.54) is 6.07 Å². The van der Waals surface area contributed by atoms with Crippen molar-refractivity contribution >= 4 is 23.8 Å². The molecule has 2 N–H and O–H groups in total. The number of aryl methyl sites for hydroxylation is 2. The van der Waals surface area contributed by atoms with E-state index in [9.17, 15) is 10.1 Å². The Hall–Kier alpha value is -4.03. The average Bonchev–Trinajstić information content (AvgIpc) is 2.79. The highest BCUT2D eigenvalue weighted by Crippen LogP contribution is 2.27. The topological polar surface area (TPSA) is 87.6 Å². The molecule has 170 valence electrons. The van der Waals surface area contributed by atoms with Crippen molar-refractivity contribution in [2.75, 3.05) is 5.73 Å². The lowest BCUT2D eigenvalue weighted by Crippen LogP contribution is -1.92. The number of nitro benzene ring substituents is 1. The molecule has 0 unspecified atom stereocenters. The van der Waals surface area contributed by atoms with Gasteiger partial charge in [0.1, 0.15) is 23.0 Å². The predicted octanol–water partition coefficient (Wildman–Crippen LogP) is 7.49. The van der Waals surface area contributed by atoms with E-state index in [-0.39, 0.29) is 18.1 Å². The van der Waals surface area contributed by atoms with Crippen LogP contribution in [0.25, 0.3) is 0 Å². The number of halogens is 1. The fourth-order valence-electron chi connectivity index (χ4n) is 2.78. The third kappa shape index (κ3) is 7.55. The minimum absolute atomic E-state index is 0. The SMILES string of the molecule is Cc1ccc(Oc2ccccc2)cc1N.Cc1ccc(Oc2ccccc2)cc1[N+](=O)[O-].Cl. The number of hydrogen-bond donors (Lipinski definition) is 1. The number of anilines is 1. The second-order valence-corrected chi connectivity index (χ2v) is 7.05. The molecule has 0 aliphatic heterocycles. The van der Waals surface area contributed by atoms with Gasteiger partial charge in [-0.15, -0.1) is 12.4 Å². The monoisotopic (exact) mass is 464 g/mol. The number of benzene rings is 4. The number of nitrogens with zero attached hydrogens (tertiary/aromatic N) is 1. The summed E-state index contributed by atoms with van der Waals surface area (Å²) >= 11 is 0. The lowest BCUT2D eigenvalue weighted by atomic mass is 10.2. The number of nitrogen functional groups attached to an aromatic ring is 1. The minimum atomic E-state index is -0.410. The van der Waals surface area contributed by atoms with E-state index in [2.05, 4.69) is 0 Å². The molecule has 0 aliphatic carbocycles. The third-order valence-electron chi connectivity index (χ3n) is 4.59. The molecule has 0 saturated carbocycles. The van der Waals surface area contributed by atoms with Crippen LogP contribution < -0.4 is 15.2 Å². The predicted molar refractivity (Wildman–Crippen MR) is 134 cm³/mol. The number of nitrogens with two attached hydrogens (primary N) is 1. The van der Waals surface area contributed by atoms with Crippen LogP contribution in [-0.4, -0.2) is 4.92 Å². The van der Waals surface area contributed by atoms with Crippen molar-refractivity contribution in [3.05, 3.63) is 118 Å². The van der Waals surface area contributed by atoms with Crippen LogP contribution in [-0.2, 0) is 0 Å². The maximum atomic E-state index is 10.8. The van der Waals surface area contributed by atoms with Crippen LogP contribution in [0, 0.1) is 24.0 Å².